The minimum atomic E-state index is -0.594. The number of carbonyl (C=O) groups is 1. The van der Waals surface area contributed by atoms with Crippen molar-refractivity contribution in [2.75, 3.05) is 11.9 Å². The normalized spacial score (nSPS) is 11.0. The summed E-state index contributed by atoms with van der Waals surface area (Å²) in [5, 5.41) is 4.12. The van der Waals surface area contributed by atoms with Crippen molar-refractivity contribution in [3.63, 3.8) is 0 Å². The number of hydrogen-bond donors (Lipinski definition) is 1. The van der Waals surface area contributed by atoms with E-state index >= 15 is 0 Å². The van der Waals surface area contributed by atoms with Gasteiger partial charge in [0.05, 0.1) is 6.61 Å². The van der Waals surface area contributed by atoms with Gasteiger partial charge in [-0.25, -0.2) is 14.4 Å². The van der Waals surface area contributed by atoms with Crippen molar-refractivity contribution in [1.29, 1.82) is 0 Å². The van der Waals surface area contributed by atoms with Crippen LogP contribution in [0.3, 0.4) is 0 Å². The van der Waals surface area contributed by atoms with Gasteiger partial charge in [0.2, 0.25) is 0 Å². The van der Waals surface area contributed by atoms with E-state index in [0.29, 0.717) is 33.6 Å². The highest BCUT2D eigenvalue weighted by Gasteiger charge is 2.11. The molecule has 1 N–H and O–H groups in total. The van der Waals surface area contributed by atoms with Crippen molar-refractivity contribution in [3.8, 4) is 5.75 Å². The van der Waals surface area contributed by atoms with Crippen LogP contribution >= 0.6 is 0 Å². The Balaban J connectivity index is 1.60. The minimum Gasteiger partial charge on any atom is -0.489 e. The molecule has 2 aromatic heterocycles. The summed E-state index contributed by atoms with van der Waals surface area (Å²) in [6.07, 6.45) is 1.10. The first-order valence-electron chi connectivity index (χ1n) is 10.7. The molecule has 0 aliphatic heterocycles. The summed E-state index contributed by atoms with van der Waals surface area (Å²) in [6, 6.07) is 13.2. The molecule has 2 aromatic carbocycles. The molecule has 0 saturated heterocycles. The first-order valence-corrected chi connectivity index (χ1v) is 10.7. The smallest absolute Gasteiger partial charge is 0.411 e. The van der Waals surface area contributed by atoms with Gasteiger partial charge in [0.1, 0.15) is 23.5 Å². The van der Waals surface area contributed by atoms with Crippen LogP contribution in [0.2, 0.25) is 0 Å². The maximum Gasteiger partial charge on any atom is 0.411 e. The average molecular weight is 449 g/mol. The maximum absolute atomic E-state index is 12.1. The number of amides is 1. The lowest BCUT2D eigenvalue weighted by molar-refractivity contribution is 0.168. The molecule has 4 rings (SSSR count). The first-order chi connectivity index (χ1) is 16.0. The summed E-state index contributed by atoms with van der Waals surface area (Å²) >= 11 is 0. The number of rotatable bonds is 7. The van der Waals surface area contributed by atoms with E-state index in [1.807, 2.05) is 6.07 Å². The van der Waals surface area contributed by atoms with Crippen LogP contribution in [-0.4, -0.2) is 12.7 Å². The van der Waals surface area contributed by atoms with Crippen LogP contribution in [0.4, 0.5) is 10.5 Å². The monoisotopic (exact) mass is 449 g/mol. The van der Waals surface area contributed by atoms with E-state index in [1.54, 1.807) is 37.3 Å². The third-order valence-electron chi connectivity index (χ3n) is 5.07. The predicted molar refractivity (Wildman–Crippen MR) is 124 cm³/mol. The summed E-state index contributed by atoms with van der Waals surface area (Å²) in [6.45, 7) is 4.10. The van der Waals surface area contributed by atoms with Crippen LogP contribution in [0.15, 0.2) is 67.0 Å². The Labute approximate surface area is 188 Å². The standard InChI is InChI=1S/C25H23NO7/c1-3-5-15-10-23(27)33-22-13-18(7-9-19(15)22)31-14-16-11-24(28)32-21-12-17(6-8-20(16)21)26-25(29)30-4-2/h6-13H,3-5,14H2,1-2H3,(H,26,29). The van der Waals surface area contributed by atoms with Gasteiger partial charge in [-0.15, -0.1) is 0 Å². The second kappa shape index (κ2) is 9.60. The van der Waals surface area contributed by atoms with Gasteiger partial charge in [0.25, 0.3) is 0 Å². The maximum atomic E-state index is 12.1. The number of anilines is 1. The Morgan fingerprint density at radius 2 is 1.55 bits per heavy atom. The van der Waals surface area contributed by atoms with Crippen molar-refractivity contribution in [3.05, 3.63) is 80.5 Å². The Bertz CT molecular complexity index is 1430. The lowest BCUT2D eigenvalue weighted by Gasteiger charge is -2.11. The summed E-state index contributed by atoms with van der Waals surface area (Å²) in [5.74, 6) is 0.501. The molecule has 0 radical (unpaired) electrons. The Morgan fingerprint density at radius 1 is 0.879 bits per heavy atom. The van der Waals surface area contributed by atoms with E-state index in [2.05, 4.69) is 12.2 Å². The summed E-state index contributed by atoms with van der Waals surface area (Å²) < 4.78 is 21.4. The number of nitrogens with one attached hydrogen (secondary N) is 1. The van der Waals surface area contributed by atoms with E-state index < -0.39 is 17.3 Å². The summed E-state index contributed by atoms with van der Waals surface area (Å²) in [7, 11) is 0. The molecule has 8 nitrogen and oxygen atoms in total. The summed E-state index contributed by atoms with van der Waals surface area (Å²) in [5.41, 5.74) is 1.82. The molecule has 33 heavy (non-hydrogen) atoms. The summed E-state index contributed by atoms with van der Waals surface area (Å²) in [4.78, 5) is 35.6. The molecule has 170 valence electrons. The third-order valence-corrected chi connectivity index (χ3v) is 5.07. The molecule has 4 aromatic rings. The zero-order valence-electron chi connectivity index (χ0n) is 18.3. The van der Waals surface area contributed by atoms with Gasteiger partial charge in [-0.1, -0.05) is 13.3 Å². The number of fused-ring (bicyclic) bond motifs is 2. The molecule has 0 aliphatic rings. The van der Waals surface area contributed by atoms with Gasteiger partial charge in [0.15, 0.2) is 0 Å². The van der Waals surface area contributed by atoms with E-state index in [9.17, 15) is 14.4 Å². The highest BCUT2D eigenvalue weighted by molar-refractivity contribution is 5.90. The van der Waals surface area contributed by atoms with Gasteiger partial charge in [-0.2, -0.15) is 0 Å². The van der Waals surface area contributed by atoms with Crippen LogP contribution in [0.1, 0.15) is 31.4 Å². The fourth-order valence-corrected chi connectivity index (χ4v) is 3.65. The van der Waals surface area contributed by atoms with Crippen molar-refractivity contribution in [2.24, 2.45) is 0 Å². The van der Waals surface area contributed by atoms with Crippen LogP contribution in [0.5, 0.6) is 5.75 Å². The Hall–Kier alpha value is -4.07. The average Bonchev–Trinajstić information content (AvgIpc) is 2.77. The first kappa shape index (κ1) is 22.1. The molecule has 8 heteroatoms. The highest BCUT2D eigenvalue weighted by Crippen LogP contribution is 2.26. The predicted octanol–water partition coefficient (Wildman–Crippen LogP) is 5.00. The molecule has 0 bridgehead atoms. The SMILES string of the molecule is CCCc1cc(=O)oc2cc(OCc3cc(=O)oc4cc(NC(=O)OCC)ccc34)ccc12. The Morgan fingerprint density at radius 3 is 2.27 bits per heavy atom. The molecule has 0 fully saturated rings. The van der Waals surface area contributed by atoms with Crippen LogP contribution < -0.4 is 21.3 Å². The Kier molecular flexibility index (Phi) is 6.44. The number of benzene rings is 2. The number of carbonyl (C=O) groups excluding carboxylic acids is 1. The quantitative estimate of drug-likeness (QED) is 0.396. The van der Waals surface area contributed by atoms with Crippen LogP contribution in [-0.2, 0) is 17.8 Å². The molecular weight excluding hydrogens is 426 g/mol. The van der Waals surface area contributed by atoms with E-state index in [1.165, 1.54) is 12.1 Å². The van der Waals surface area contributed by atoms with E-state index in [-0.39, 0.29) is 13.2 Å². The lowest BCUT2D eigenvalue weighted by atomic mass is 10.1. The molecule has 0 atom stereocenters. The second-order valence-corrected chi connectivity index (χ2v) is 7.43. The van der Waals surface area contributed by atoms with E-state index in [0.717, 1.165) is 23.8 Å². The van der Waals surface area contributed by atoms with Gasteiger partial charge in [-0.05, 0) is 43.2 Å². The zero-order chi connectivity index (χ0) is 23.4. The van der Waals surface area contributed by atoms with Gasteiger partial charge in [-0.3, -0.25) is 5.32 Å². The molecular formula is C25H23NO7. The molecule has 0 saturated carbocycles. The van der Waals surface area contributed by atoms with E-state index in [4.69, 9.17) is 18.3 Å². The fourth-order valence-electron chi connectivity index (χ4n) is 3.65. The second-order valence-electron chi connectivity index (χ2n) is 7.43. The number of hydrogen-bond acceptors (Lipinski definition) is 7. The van der Waals surface area contributed by atoms with Crippen molar-refractivity contribution >= 4 is 33.7 Å². The fraction of sp³-hybridized carbons (Fsp3) is 0.240. The highest BCUT2D eigenvalue weighted by atomic mass is 16.5. The third kappa shape index (κ3) is 5.06. The largest absolute Gasteiger partial charge is 0.489 e. The lowest BCUT2D eigenvalue weighted by Crippen LogP contribution is -2.13. The minimum absolute atomic E-state index is 0.0944. The van der Waals surface area contributed by atoms with Gasteiger partial charge in [0, 0.05) is 46.3 Å². The van der Waals surface area contributed by atoms with Crippen molar-refractivity contribution in [2.45, 2.75) is 33.3 Å². The van der Waals surface area contributed by atoms with Gasteiger partial charge >= 0.3 is 17.3 Å². The topological polar surface area (TPSA) is 108 Å². The number of aryl methyl sites for hydroxylation is 1. The molecule has 0 aliphatic carbocycles. The molecule has 0 spiro atoms. The van der Waals surface area contributed by atoms with Crippen molar-refractivity contribution < 1.29 is 23.1 Å². The number of ether oxygens (including phenoxy) is 2. The molecule has 1 amide bonds. The van der Waals surface area contributed by atoms with Gasteiger partial charge < -0.3 is 18.3 Å². The zero-order valence-corrected chi connectivity index (χ0v) is 18.3. The molecule has 2 heterocycles. The van der Waals surface area contributed by atoms with Crippen LogP contribution in [0.25, 0.3) is 21.9 Å². The van der Waals surface area contributed by atoms with Crippen LogP contribution in [0, 0.1) is 0 Å². The van der Waals surface area contributed by atoms with Crippen molar-refractivity contribution in [1.82, 2.24) is 0 Å². The molecule has 0 unspecified atom stereocenters.